The summed E-state index contributed by atoms with van der Waals surface area (Å²) in [5.74, 6) is 0.215. The first-order valence-corrected chi connectivity index (χ1v) is 13.4. The molecule has 2 aliphatic rings. The second-order valence-corrected chi connectivity index (χ2v) is 11.3. The minimum atomic E-state index is -3.50. The van der Waals surface area contributed by atoms with Gasteiger partial charge in [-0.2, -0.15) is 9.29 Å². The zero-order valence-corrected chi connectivity index (χ0v) is 20.1. The molecular weight excluding hydrogens is 452 g/mol. The van der Waals surface area contributed by atoms with E-state index in [-0.39, 0.29) is 16.7 Å². The average molecular weight is 483 g/mol. The first kappa shape index (κ1) is 22.9. The fraction of sp³-hybridized carbons (Fsp3) is 0.440. The molecule has 1 N–H and O–H groups in total. The van der Waals surface area contributed by atoms with Crippen molar-refractivity contribution in [3.63, 3.8) is 0 Å². The van der Waals surface area contributed by atoms with E-state index in [1.54, 1.807) is 28.6 Å². The molecular formula is C25H30N4O4S. The molecule has 0 saturated carbocycles. The Balaban J connectivity index is 1.17. The Hall–Kier alpha value is -2.91. The van der Waals surface area contributed by atoms with E-state index in [9.17, 15) is 13.2 Å². The van der Waals surface area contributed by atoms with Gasteiger partial charge in [0.25, 0.3) is 6.01 Å². The Bertz CT molecular complexity index is 1230. The number of para-hydroxylation sites is 2. The van der Waals surface area contributed by atoms with Gasteiger partial charge in [0.1, 0.15) is 5.52 Å². The largest absolute Gasteiger partial charge is 0.423 e. The van der Waals surface area contributed by atoms with Gasteiger partial charge in [-0.05, 0) is 68.0 Å². The fourth-order valence-corrected chi connectivity index (χ4v) is 6.39. The zero-order valence-electron chi connectivity index (χ0n) is 19.3. The van der Waals surface area contributed by atoms with E-state index in [1.807, 2.05) is 24.3 Å². The second-order valence-electron chi connectivity index (χ2n) is 9.35. The molecule has 2 saturated heterocycles. The number of anilines is 2. The predicted octanol–water partition coefficient (Wildman–Crippen LogP) is 4.10. The van der Waals surface area contributed by atoms with E-state index in [1.165, 1.54) is 0 Å². The van der Waals surface area contributed by atoms with Crippen molar-refractivity contribution in [2.45, 2.75) is 37.5 Å². The van der Waals surface area contributed by atoms with Gasteiger partial charge in [-0.1, -0.05) is 19.1 Å². The summed E-state index contributed by atoms with van der Waals surface area (Å²) in [5, 5.41) is 2.95. The molecule has 2 aliphatic heterocycles. The lowest BCUT2D eigenvalue weighted by molar-refractivity contribution is -0.120. The number of nitrogens with zero attached hydrogens (tertiary/aromatic N) is 3. The quantitative estimate of drug-likeness (QED) is 0.588. The average Bonchev–Trinajstić information content (AvgIpc) is 3.29. The lowest BCUT2D eigenvalue weighted by atomic mass is 9.96. The number of rotatable bonds is 5. The van der Waals surface area contributed by atoms with Crippen LogP contribution in [0.15, 0.2) is 57.8 Å². The maximum atomic E-state index is 12.9. The van der Waals surface area contributed by atoms with Crippen LogP contribution in [-0.2, 0) is 14.8 Å². The predicted molar refractivity (Wildman–Crippen MR) is 131 cm³/mol. The standard InChI is InChI=1S/C25H30N4O4S/c1-18-5-4-14-29(17-18)34(31,32)21-10-8-20(9-11-21)26-24(30)19-12-15-28(16-13-19)25-27-22-6-2-3-7-23(22)33-25/h2-3,6-11,18-19H,4-5,12-17H2,1H3,(H,26,30). The molecule has 0 spiro atoms. The molecule has 1 atom stereocenters. The van der Waals surface area contributed by atoms with Crippen LogP contribution >= 0.6 is 0 Å². The van der Waals surface area contributed by atoms with Gasteiger partial charge in [-0.25, -0.2) is 8.42 Å². The van der Waals surface area contributed by atoms with Crippen LogP contribution in [0.2, 0.25) is 0 Å². The van der Waals surface area contributed by atoms with E-state index in [4.69, 9.17) is 4.42 Å². The number of benzene rings is 2. The number of fused-ring (bicyclic) bond motifs is 1. The van der Waals surface area contributed by atoms with Gasteiger partial charge < -0.3 is 14.6 Å². The van der Waals surface area contributed by atoms with Gasteiger partial charge in [0.15, 0.2) is 5.58 Å². The molecule has 0 aliphatic carbocycles. The highest BCUT2D eigenvalue weighted by Gasteiger charge is 2.29. The number of carbonyl (C=O) groups is 1. The third-order valence-electron chi connectivity index (χ3n) is 6.80. The molecule has 9 heteroatoms. The molecule has 3 heterocycles. The van der Waals surface area contributed by atoms with Crippen molar-refractivity contribution in [3.05, 3.63) is 48.5 Å². The van der Waals surface area contributed by atoms with Crippen LogP contribution in [0, 0.1) is 11.8 Å². The summed E-state index contributed by atoms with van der Waals surface area (Å²) in [7, 11) is -3.50. The Morgan fingerprint density at radius 2 is 1.76 bits per heavy atom. The first-order valence-electron chi connectivity index (χ1n) is 11.9. The summed E-state index contributed by atoms with van der Waals surface area (Å²) in [5.41, 5.74) is 2.20. The molecule has 1 unspecified atom stereocenters. The van der Waals surface area contributed by atoms with Crippen LogP contribution in [0.1, 0.15) is 32.6 Å². The van der Waals surface area contributed by atoms with E-state index in [0.29, 0.717) is 56.6 Å². The molecule has 180 valence electrons. The van der Waals surface area contributed by atoms with Crippen molar-refractivity contribution < 1.29 is 17.6 Å². The summed E-state index contributed by atoms with van der Waals surface area (Å²) in [6, 6.07) is 14.8. The summed E-state index contributed by atoms with van der Waals surface area (Å²) in [6.45, 7) is 4.58. The van der Waals surface area contributed by atoms with Crippen LogP contribution in [0.25, 0.3) is 11.1 Å². The number of sulfonamides is 1. The van der Waals surface area contributed by atoms with E-state index >= 15 is 0 Å². The van der Waals surface area contributed by atoms with Gasteiger partial charge >= 0.3 is 0 Å². The highest BCUT2D eigenvalue weighted by Crippen LogP contribution is 2.28. The van der Waals surface area contributed by atoms with Crippen molar-refractivity contribution in [1.82, 2.24) is 9.29 Å². The topological polar surface area (TPSA) is 95.8 Å². The SMILES string of the molecule is CC1CCCN(S(=O)(=O)c2ccc(NC(=O)C3CCN(c4nc5ccccc5o4)CC3)cc2)C1. The highest BCUT2D eigenvalue weighted by atomic mass is 32.2. The number of piperidine rings is 2. The third-order valence-corrected chi connectivity index (χ3v) is 8.68. The van der Waals surface area contributed by atoms with Crippen LogP contribution in [0.3, 0.4) is 0 Å². The number of oxazole rings is 1. The minimum Gasteiger partial charge on any atom is -0.423 e. The molecule has 0 bridgehead atoms. The van der Waals surface area contributed by atoms with Crippen LogP contribution < -0.4 is 10.2 Å². The van der Waals surface area contributed by atoms with Gasteiger partial charge in [0.05, 0.1) is 4.90 Å². The minimum absolute atomic E-state index is 0.0438. The fourth-order valence-electron chi connectivity index (χ4n) is 4.80. The van der Waals surface area contributed by atoms with E-state index in [0.717, 1.165) is 23.9 Å². The molecule has 0 radical (unpaired) electrons. The first-order chi connectivity index (χ1) is 16.4. The summed E-state index contributed by atoms with van der Waals surface area (Å²) >= 11 is 0. The smallest absolute Gasteiger partial charge is 0.298 e. The third kappa shape index (κ3) is 4.67. The van der Waals surface area contributed by atoms with Crippen molar-refractivity contribution in [2.24, 2.45) is 11.8 Å². The second kappa shape index (κ2) is 9.38. The monoisotopic (exact) mass is 482 g/mol. The Morgan fingerprint density at radius 3 is 2.47 bits per heavy atom. The normalized spacial score (nSPS) is 20.5. The van der Waals surface area contributed by atoms with Crippen molar-refractivity contribution >= 4 is 38.7 Å². The van der Waals surface area contributed by atoms with Crippen molar-refractivity contribution in [2.75, 3.05) is 36.4 Å². The summed E-state index contributed by atoms with van der Waals surface area (Å²) in [6.07, 6.45) is 3.35. The van der Waals surface area contributed by atoms with Crippen LogP contribution in [0.5, 0.6) is 0 Å². The van der Waals surface area contributed by atoms with Crippen molar-refractivity contribution in [3.8, 4) is 0 Å². The Kier molecular flexibility index (Phi) is 6.31. The van der Waals surface area contributed by atoms with Gasteiger partial charge in [-0.15, -0.1) is 0 Å². The van der Waals surface area contributed by atoms with Crippen LogP contribution in [0.4, 0.5) is 11.7 Å². The number of carbonyl (C=O) groups excluding carboxylic acids is 1. The summed E-state index contributed by atoms with van der Waals surface area (Å²) in [4.78, 5) is 19.7. The number of amides is 1. The number of aromatic nitrogens is 1. The lowest BCUT2D eigenvalue weighted by Crippen LogP contribution is -2.39. The molecule has 8 nitrogen and oxygen atoms in total. The molecule has 2 aromatic carbocycles. The number of nitrogens with one attached hydrogen (secondary N) is 1. The molecule has 34 heavy (non-hydrogen) atoms. The number of hydrogen-bond acceptors (Lipinski definition) is 6. The number of hydrogen-bond donors (Lipinski definition) is 1. The molecule has 1 amide bonds. The maximum Gasteiger partial charge on any atom is 0.298 e. The Morgan fingerprint density at radius 1 is 1.03 bits per heavy atom. The summed E-state index contributed by atoms with van der Waals surface area (Å²) < 4.78 is 33.3. The maximum absolute atomic E-state index is 12.9. The molecule has 1 aromatic heterocycles. The van der Waals surface area contributed by atoms with Gasteiger partial charge in [0, 0.05) is 37.8 Å². The zero-order chi connectivity index (χ0) is 23.7. The molecule has 5 rings (SSSR count). The molecule has 2 fully saturated rings. The van der Waals surface area contributed by atoms with E-state index in [2.05, 4.69) is 22.1 Å². The van der Waals surface area contributed by atoms with Gasteiger partial charge in [-0.3, -0.25) is 4.79 Å². The molecule has 3 aromatic rings. The van der Waals surface area contributed by atoms with Crippen molar-refractivity contribution in [1.29, 1.82) is 0 Å². The Labute approximate surface area is 200 Å². The lowest BCUT2D eigenvalue weighted by Gasteiger charge is -2.30. The van der Waals surface area contributed by atoms with Gasteiger partial charge in [0.2, 0.25) is 15.9 Å². The van der Waals surface area contributed by atoms with E-state index < -0.39 is 10.0 Å². The highest BCUT2D eigenvalue weighted by molar-refractivity contribution is 7.89. The van der Waals surface area contributed by atoms with Crippen LogP contribution in [-0.4, -0.2) is 49.8 Å².